The second kappa shape index (κ2) is 39.8. The summed E-state index contributed by atoms with van der Waals surface area (Å²) in [7, 11) is 6.31. The van der Waals surface area contributed by atoms with Crippen LogP contribution in [-0.4, -0.2) is 142 Å². The quantitative estimate of drug-likeness (QED) is 0.0226. The van der Waals surface area contributed by atoms with E-state index in [4.69, 9.17) is 32.2 Å². The van der Waals surface area contributed by atoms with Crippen LogP contribution in [0.5, 0.6) is 0 Å². The molecule has 40 heteroatoms. The number of aldehydes is 2. The minimum absolute atomic E-state index is 0.0434. The molecule has 734 valence electrons. The highest BCUT2D eigenvalue weighted by Crippen LogP contribution is 2.39. The van der Waals surface area contributed by atoms with Crippen molar-refractivity contribution in [1.82, 2.24) is 77.3 Å². The number of rotatable bonds is 16. The molecule has 34 nitrogen and oxygen atoms in total. The van der Waals surface area contributed by atoms with Gasteiger partial charge in [0.2, 0.25) is 0 Å². The third-order valence-electron chi connectivity index (χ3n) is 24.6. The smallest absolute Gasteiger partial charge is 0.399 e. The number of aromatic nitrogens is 16. The van der Waals surface area contributed by atoms with Gasteiger partial charge >= 0.3 is 7.12 Å². The lowest BCUT2D eigenvalue weighted by atomic mass is 9.81. The van der Waals surface area contributed by atoms with E-state index in [-0.39, 0.29) is 106 Å². The lowest BCUT2D eigenvalue weighted by Gasteiger charge is -2.32. The van der Waals surface area contributed by atoms with Crippen LogP contribution in [0.1, 0.15) is 207 Å². The maximum absolute atomic E-state index is 15.0. The standard InChI is InChI=1S/2C24H24FN5O3.C24H22FN5O3.C18H15FIN3O2.C12H19BN2O3/c3*1-24(2,3)15-7-13-10-28-30(23(33)20(13)18(25)9-15)22-17(12-31)16(5-6-27-22)14-8-19(21(26)32)29(4)11-14;1-18(2,3)11-6-10-8-22-23(17(25)15(10)13(19)7-11)16-12(9-24)14(20)4-5-21-16;1-11(2)12(3,4)18-13(17-11)8-6-9(10(14)16)15(5)7-8/h2*5-11,31H,12H2,1-4H3,(H2,26,32);5-12H,1-4H3,(H2,26,32);4-9H,1-3H3;6-7H,1-5H3,(H2,14,16). The predicted molar refractivity (Wildman–Crippen MR) is 539 cm³/mol. The Labute approximate surface area is 824 Å². The molecule has 1 aliphatic rings. The zero-order chi connectivity index (χ0) is 104. The first-order chi connectivity index (χ1) is 66.4. The van der Waals surface area contributed by atoms with Crippen molar-refractivity contribution in [3.05, 3.63) is 307 Å². The normalized spacial score (nSPS) is 13.0. The minimum atomic E-state index is -0.732. The Hall–Kier alpha value is -15.3. The first-order valence-corrected chi connectivity index (χ1v) is 45.4. The topological polar surface area (TPSA) is 476 Å². The Morgan fingerprint density at radius 1 is 0.394 bits per heavy atom. The van der Waals surface area contributed by atoms with Crippen LogP contribution in [0.25, 0.3) is 99.7 Å². The third kappa shape index (κ3) is 20.7. The zero-order valence-electron chi connectivity index (χ0n) is 81.5. The molecule has 13 heterocycles. The fourth-order valence-corrected chi connectivity index (χ4v) is 16.5. The summed E-state index contributed by atoms with van der Waals surface area (Å²) in [6, 6.07) is 25.4. The van der Waals surface area contributed by atoms with E-state index in [0.717, 1.165) is 46.4 Å². The molecule has 0 spiro atoms. The van der Waals surface area contributed by atoms with Gasteiger partial charge in [-0.05, 0) is 208 Å². The molecule has 16 aromatic rings. The molecule has 4 aromatic carbocycles. The lowest BCUT2D eigenvalue weighted by Crippen LogP contribution is -2.41. The molecule has 0 saturated carbocycles. The number of amides is 4. The van der Waals surface area contributed by atoms with E-state index >= 15 is 13.2 Å². The number of aliphatic hydroxyl groups excluding tert-OH is 2. The van der Waals surface area contributed by atoms with Gasteiger partial charge in [0.25, 0.3) is 45.9 Å². The monoisotopic (exact) mass is 2050 g/mol. The van der Waals surface area contributed by atoms with Crippen LogP contribution in [0.2, 0.25) is 0 Å². The number of aryl methyl sites for hydroxylation is 4. The van der Waals surface area contributed by atoms with Crippen molar-refractivity contribution < 1.29 is 65.9 Å². The fourth-order valence-electron chi connectivity index (χ4n) is 16.0. The molecular formula is C102H104BF4IN20O14. The summed E-state index contributed by atoms with van der Waals surface area (Å²) in [6.45, 7) is 30.5. The molecule has 1 aliphatic heterocycles. The van der Waals surface area contributed by atoms with Crippen LogP contribution in [0.3, 0.4) is 0 Å². The second-order valence-electron chi connectivity index (χ2n) is 39.1. The Morgan fingerprint density at radius 3 is 0.930 bits per heavy atom. The van der Waals surface area contributed by atoms with E-state index < -0.39 is 89.5 Å². The summed E-state index contributed by atoms with van der Waals surface area (Å²) in [6.07, 6.45) is 19.4. The zero-order valence-corrected chi connectivity index (χ0v) is 83.6. The van der Waals surface area contributed by atoms with Crippen LogP contribution in [0, 0.1) is 26.8 Å². The Kier molecular flexibility index (Phi) is 29.2. The number of carbonyl (C=O) groups excluding carboxylic acids is 6. The number of nitrogens with two attached hydrogens (primary N) is 4. The second-order valence-corrected chi connectivity index (χ2v) is 40.3. The van der Waals surface area contributed by atoms with Crippen LogP contribution >= 0.6 is 22.6 Å². The SMILES string of the molecule is CC(C)(C)c1cc(F)c2c(=O)n(-c3nccc(I)c3C=O)ncc2c1.Cn1cc(-c2ccnc(-n3ncc4cc(C(C)(C)C)cc(F)c4c3=O)c2C=O)cc1C(N)=O.Cn1cc(-c2ccnc(-n3ncc4cc(C(C)(C)C)cc(F)c4c3=O)c2CO)cc1C(N)=O.Cn1cc(-c2ccnc(-n3ncc4cc(C(C)(C)C)cc(F)c4c3=O)c2CO)cc1C(N)=O.Cn1cc(B2OC(C)(C)C(C)(C)O2)cc1C(N)=O. The summed E-state index contributed by atoms with van der Waals surface area (Å²) < 4.78 is 82.4. The van der Waals surface area contributed by atoms with Crippen molar-refractivity contribution in [2.75, 3.05) is 0 Å². The molecule has 17 rings (SSSR count). The van der Waals surface area contributed by atoms with Gasteiger partial charge in [-0.3, -0.25) is 47.9 Å². The van der Waals surface area contributed by atoms with Crippen LogP contribution < -0.4 is 50.6 Å². The number of carbonyl (C=O) groups is 6. The molecule has 0 aliphatic carbocycles. The van der Waals surface area contributed by atoms with Gasteiger partial charge in [-0.25, -0.2) is 37.5 Å². The molecule has 12 aromatic heterocycles. The van der Waals surface area contributed by atoms with Gasteiger partial charge < -0.3 is 60.7 Å². The van der Waals surface area contributed by atoms with E-state index in [2.05, 4.69) is 40.3 Å². The Bertz CT molecular complexity index is 7850. The fraction of sp³-hybridized carbons (Fsp3) is 0.275. The first kappa shape index (κ1) is 104. The number of halogens is 5. The number of aliphatic hydroxyl groups is 2. The molecular weight excluding hydrogens is 1940 g/mol. The van der Waals surface area contributed by atoms with Crippen molar-refractivity contribution in [2.24, 2.45) is 51.1 Å². The van der Waals surface area contributed by atoms with Crippen molar-refractivity contribution in [2.45, 2.75) is 157 Å². The number of benzene rings is 4. The summed E-state index contributed by atoms with van der Waals surface area (Å²) in [5, 5.41) is 38.1. The van der Waals surface area contributed by atoms with Gasteiger partial charge in [0.1, 0.15) is 46.0 Å². The lowest BCUT2D eigenvalue weighted by molar-refractivity contribution is 0.00578. The van der Waals surface area contributed by atoms with Gasteiger partial charge in [-0.1, -0.05) is 83.1 Å². The minimum Gasteiger partial charge on any atom is -0.399 e. The molecule has 0 radical (unpaired) electrons. The number of pyridine rings is 4. The maximum atomic E-state index is 15.0. The van der Waals surface area contributed by atoms with E-state index in [1.807, 2.05) is 140 Å². The highest BCUT2D eigenvalue weighted by molar-refractivity contribution is 14.1. The molecule has 10 N–H and O–H groups in total. The van der Waals surface area contributed by atoms with Crippen molar-refractivity contribution in [3.8, 4) is 56.7 Å². The number of hydrogen-bond acceptors (Lipinski definition) is 22. The Balaban J connectivity index is 0.000000151. The predicted octanol–water partition coefficient (Wildman–Crippen LogP) is 12.8. The first-order valence-electron chi connectivity index (χ1n) is 44.3. The van der Waals surface area contributed by atoms with Gasteiger partial charge in [0.15, 0.2) is 35.8 Å². The van der Waals surface area contributed by atoms with Crippen molar-refractivity contribution in [1.29, 1.82) is 0 Å². The summed E-state index contributed by atoms with van der Waals surface area (Å²) in [5.74, 6) is -4.64. The highest BCUT2D eigenvalue weighted by atomic mass is 127. The number of primary amides is 4. The third-order valence-corrected chi connectivity index (χ3v) is 25.6. The van der Waals surface area contributed by atoms with Crippen molar-refractivity contribution >= 4 is 114 Å². The van der Waals surface area contributed by atoms with E-state index in [1.165, 1.54) is 78.4 Å². The van der Waals surface area contributed by atoms with Crippen LogP contribution in [0.15, 0.2) is 191 Å². The molecule has 142 heavy (non-hydrogen) atoms. The number of nitrogens with zero attached hydrogens (tertiary/aromatic N) is 16. The molecule has 1 saturated heterocycles. The summed E-state index contributed by atoms with van der Waals surface area (Å²) in [5.41, 5.74) is 26.0. The van der Waals surface area contributed by atoms with Gasteiger partial charge in [0.05, 0.1) is 81.9 Å². The summed E-state index contributed by atoms with van der Waals surface area (Å²) in [4.78, 5) is 139. The van der Waals surface area contributed by atoms with Crippen LogP contribution in [-0.2, 0) is 72.4 Å². The van der Waals surface area contributed by atoms with E-state index in [1.54, 1.807) is 133 Å². The summed E-state index contributed by atoms with van der Waals surface area (Å²) >= 11 is 1.97. The number of hydrogen-bond donors (Lipinski definition) is 6. The molecule has 0 atom stereocenters. The van der Waals surface area contributed by atoms with Gasteiger partial charge in [0, 0.05) is 136 Å². The number of fused-ring (bicyclic) bond motifs is 4. The van der Waals surface area contributed by atoms with Crippen molar-refractivity contribution in [3.63, 3.8) is 0 Å². The molecule has 0 bridgehead atoms. The van der Waals surface area contributed by atoms with E-state index in [0.29, 0.717) is 87.9 Å². The molecule has 0 unspecified atom stereocenters. The van der Waals surface area contributed by atoms with Crippen LogP contribution in [0.4, 0.5) is 17.6 Å². The van der Waals surface area contributed by atoms with Gasteiger partial charge in [-0.15, -0.1) is 0 Å². The van der Waals surface area contributed by atoms with Gasteiger partial charge in [-0.2, -0.15) is 39.1 Å². The highest BCUT2D eigenvalue weighted by Gasteiger charge is 2.52. The largest absolute Gasteiger partial charge is 0.496 e. The maximum Gasteiger partial charge on any atom is 0.496 e. The molecule has 4 amide bonds. The average Bonchev–Trinajstić information content (AvgIpc) is 1.40. The van der Waals surface area contributed by atoms with E-state index in [9.17, 15) is 62.5 Å². The average molecular weight is 2050 g/mol. The molecule has 1 fully saturated rings. The Morgan fingerprint density at radius 2 is 0.655 bits per heavy atom.